The van der Waals surface area contributed by atoms with Gasteiger partial charge in [0.2, 0.25) is 0 Å². The Balaban J connectivity index is 1.47. The predicted octanol–water partition coefficient (Wildman–Crippen LogP) is 6.29. The molecule has 3 nitrogen and oxygen atoms in total. The summed E-state index contributed by atoms with van der Waals surface area (Å²) in [4.78, 5) is 0. The van der Waals surface area contributed by atoms with E-state index in [4.69, 9.17) is 4.74 Å². The number of ether oxygens (including phenoxy) is 1. The molecule has 0 amide bonds. The maximum absolute atomic E-state index is 10.9. The standard InChI is InChI=1S/C30H48O3/c1-20(9-8-14-25(2,3)32)21-12-15-28(7)22-13-16-30-23(10-11-24(31)26(30,4)5)29(22,19-33-30)18-17-27(21,28)6/h8,13-14,16,20-24,31-32H,9-12,15,17-19H2,1-7H3. The summed E-state index contributed by atoms with van der Waals surface area (Å²) in [7, 11) is 0. The van der Waals surface area contributed by atoms with E-state index in [0.717, 1.165) is 31.8 Å². The summed E-state index contributed by atoms with van der Waals surface area (Å²) < 4.78 is 6.82. The second kappa shape index (κ2) is 7.20. The Labute approximate surface area is 202 Å². The van der Waals surface area contributed by atoms with Crippen molar-refractivity contribution in [1.82, 2.24) is 0 Å². The van der Waals surface area contributed by atoms with E-state index in [1.54, 1.807) is 0 Å². The molecular weight excluding hydrogens is 408 g/mol. The van der Waals surface area contributed by atoms with Crippen molar-refractivity contribution < 1.29 is 14.9 Å². The van der Waals surface area contributed by atoms with E-state index >= 15 is 0 Å². The number of rotatable bonds is 4. The zero-order valence-electron chi connectivity index (χ0n) is 22.2. The van der Waals surface area contributed by atoms with E-state index in [2.05, 4.69) is 52.8 Å². The molecule has 2 N–H and O–H groups in total. The molecule has 1 aliphatic heterocycles. The van der Waals surface area contributed by atoms with Crippen LogP contribution in [-0.2, 0) is 4.74 Å². The Hall–Kier alpha value is -0.640. The van der Waals surface area contributed by atoms with Gasteiger partial charge in [-0.3, -0.25) is 0 Å². The summed E-state index contributed by atoms with van der Waals surface area (Å²) in [5.74, 6) is 2.45. The third-order valence-electron chi connectivity index (χ3n) is 12.1. The van der Waals surface area contributed by atoms with E-state index < -0.39 is 5.60 Å². The number of hydrogen-bond acceptors (Lipinski definition) is 3. The molecule has 5 aliphatic rings. The second-order valence-electron chi connectivity index (χ2n) is 14.3. The van der Waals surface area contributed by atoms with Crippen LogP contribution in [0.4, 0.5) is 0 Å². The van der Waals surface area contributed by atoms with Crippen LogP contribution in [-0.4, -0.2) is 34.1 Å². The first-order valence-corrected chi connectivity index (χ1v) is 13.7. The molecule has 1 spiro atoms. The SMILES string of the molecule is CC(CC=CC(C)(C)O)C1CCC2(C)C3C=CC45OCC3(CCC12C)C4CCC(O)C5(C)C. The summed E-state index contributed by atoms with van der Waals surface area (Å²) in [6.07, 6.45) is 17.1. The van der Waals surface area contributed by atoms with Crippen molar-refractivity contribution in [2.75, 3.05) is 6.61 Å². The fourth-order valence-electron chi connectivity index (χ4n) is 9.93. The minimum atomic E-state index is -0.728. The van der Waals surface area contributed by atoms with Gasteiger partial charge in [0.25, 0.3) is 0 Å². The van der Waals surface area contributed by atoms with E-state index in [0.29, 0.717) is 28.6 Å². The highest BCUT2D eigenvalue weighted by Gasteiger charge is 2.75. The molecule has 1 heterocycles. The third-order valence-corrected chi connectivity index (χ3v) is 12.1. The van der Waals surface area contributed by atoms with Gasteiger partial charge in [-0.25, -0.2) is 0 Å². The molecule has 0 aromatic rings. The molecule has 3 saturated carbocycles. The van der Waals surface area contributed by atoms with Crippen molar-refractivity contribution >= 4 is 0 Å². The monoisotopic (exact) mass is 456 g/mol. The molecule has 33 heavy (non-hydrogen) atoms. The van der Waals surface area contributed by atoms with Crippen LogP contribution < -0.4 is 0 Å². The van der Waals surface area contributed by atoms with E-state index in [-0.39, 0.29) is 22.5 Å². The van der Waals surface area contributed by atoms with Gasteiger partial charge in [0.05, 0.1) is 23.9 Å². The zero-order chi connectivity index (χ0) is 24.1. The van der Waals surface area contributed by atoms with Crippen LogP contribution in [0.2, 0.25) is 0 Å². The van der Waals surface area contributed by atoms with Gasteiger partial charge in [0, 0.05) is 16.7 Å². The molecule has 9 atom stereocenters. The Kier molecular flexibility index (Phi) is 5.25. The lowest BCUT2D eigenvalue weighted by Gasteiger charge is -2.65. The lowest BCUT2D eigenvalue weighted by molar-refractivity contribution is -0.168. The largest absolute Gasteiger partial charge is 0.392 e. The van der Waals surface area contributed by atoms with E-state index in [1.165, 1.54) is 25.7 Å². The number of aliphatic hydroxyl groups is 2. The van der Waals surface area contributed by atoms with Gasteiger partial charge in [-0.05, 0) is 87.4 Å². The van der Waals surface area contributed by atoms with Gasteiger partial charge in [-0.1, -0.05) is 58.9 Å². The average Bonchev–Trinajstić information content (AvgIpc) is 3.11. The molecule has 3 heteroatoms. The molecular formula is C30H48O3. The third kappa shape index (κ3) is 2.97. The molecule has 4 fully saturated rings. The van der Waals surface area contributed by atoms with Crippen molar-refractivity contribution in [2.24, 2.45) is 45.3 Å². The summed E-state index contributed by atoms with van der Waals surface area (Å²) in [6.45, 7) is 16.7. The molecule has 2 bridgehead atoms. The Morgan fingerprint density at radius 3 is 2.48 bits per heavy atom. The number of allylic oxidation sites excluding steroid dienone is 2. The number of aliphatic hydroxyl groups excluding tert-OH is 1. The highest BCUT2D eigenvalue weighted by Crippen LogP contribution is 2.77. The first-order valence-electron chi connectivity index (χ1n) is 13.7. The number of fused-ring (bicyclic) bond motifs is 2. The Bertz CT molecular complexity index is 851. The maximum atomic E-state index is 10.9. The first kappa shape index (κ1) is 24.1. The van der Waals surface area contributed by atoms with Gasteiger partial charge in [0.1, 0.15) is 0 Å². The molecule has 0 aromatic carbocycles. The van der Waals surface area contributed by atoms with Crippen LogP contribution in [0.25, 0.3) is 0 Å². The lowest BCUT2D eigenvalue weighted by atomic mass is 9.38. The molecule has 9 unspecified atom stereocenters. The topological polar surface area (TPSA) is 49.7 Å². The Morgan fingerprint density at radius 1 is 1.06 bits per heavy atom. The van der Waals surface area contributed by atoms with E-state index in [9.17, 15) is 10.2 Å². The van der Waals surface area contributed by atoms with Gasteiger partial charge < -0.3 is 14.9 Å². The molecule has 186 valence electrons. The smallest absolute Gasteiger partial charge is 0.0972 e. The first-order chi connectivity index (χ1) is 15.2. The van der Waals surface area contributed by atoms with E-state index in [1.807, 2.05) is 19.9 Å². The fourth-order valence-corrected chi connectivity index (χ4v) is 9.93. The molecule has 0 aromatic heterocycles. The average molecular weight is 457 g/mol. The maximum Gasteiger partial charge on any atom is 0.0972 e. The van der Waals surface area contributed by atoms with Gasteiger partial charge in [-0.2, -0.15) is 0 Å². The Morgan fingerprint density at radius 2 is 1.79 bits per heavy atom. The summed E-state index contributed by atoms with van der Waals surface area (Å²) in [5, 5.41) is 21.0. The van der Waals surface area contributed by atoms with Gasteiger partial charge >= 0.3 is 0 Å². The summed E-state index contributed by atoms with van der Waals surface area (Å²) >= 11 is 0. The van der Waals surface area contributed by atoms with Crippen LogP contribution in [0, 0.1) is 45.3 Å². The molecule has 1 saturated heterocycles. The normalized spacial score (nSPS) is 51.3. The molecule has 4 aliphatic carbocycles. The van der Waals surface area contributed by atoms with Crippen LogP contribution >= 0.6 is 0 Å². The number of hydrogen-bond donors (Lipinski definition) is 2. The second-order valence-corrected chi connectivity index (χ2v) is 14.3. The molecule has 0 radical (unpaired) electrons. The minimum Gasteiger partial charge on any atom is -0.392 e. The van der Waals surface area contributed by atoms with Crippen molar-refractivity contribution in [3.63, 3.8) is 0 Å². The predicted molar refractivity (Wildman–Crippen MR) is 134 cm³/mol. The van der Waals surface area contributed by atoms with Crippen LogP contribution in [0.15, 0.2) is 24.3 Å². The van der Waals surface area contributed by atoms with Crippen LogP contribution in [0.5, 0.6) is 0 Å². The van der Waals surface area contributed by atoms with Crippen molar-refractivity contribution in [3.05, 3.63) is 24.3 Å². The van der Waals surface area contributed by atoms with Crippen LogP contribution in [0.3, 0.4) is 0 Å². The van der Waals surface area contributed by atoms with Crippen molar-refractivity contribution in [2.45, 2.75) is 111 Å². The molecule has 5 rings (SSSR count). The fraction of sp³-hybridized carbons (Fsp3) is 0.867. The highest BCUT2D eigenvalue weighted by atomic mass is 16.5. The van der Waals surface area contributed by atoms with Crippen LogP contribution in [0.1, 0.15) is 93.4 Å². The van der Waals surface area contributed by atoms with Crippen molar-refractivity contribution in [1.29, 1.82) is 0 Å². The summed E-state index contributed by atoms with van der Waals surface area (Å²) in [5.41, 5.74) is -0.392. The van der Waals surface area contributed by atoms with Gasteiger partial charge in [0.15, 0.2) is 0 Å². The van der Waals surface area contributed by atoms with Crippen molar-refractivity contribution in [3.8, 4) is 0 Å². The lowest BCUT2D eigenvalue weighted by Crippen LogP contribution is -2.64. The minimum absolute atomic E-state index is 0.234. The highest BCUT2D eigenvalue weighted by molar-refractivity contribution is 5.33. The summed E-state index contributed by atoms with van der Waals surface area (Å²) in [6, 6.07) is 0. The quantitative estimate of drug-likeness (QED) is 0.488. The van der Waals surface area contributed by atoms with Gasteiger partial charge in [-0.15, -0.1) is 0 Å². The zero-order valence-corrected chi connectivity index (χ0v) is 22.2.